The summed E-state index contributed by atoms with van der Waals surface area (Å²) in [6, 6.07) is 8.56. The molecule has 2 aromatic rings. The molecule has 0 saturated carbocycles. The van der Waals surface area contributed by atoms with Crippen LogP contribution < -0.4 is 5.32 Å². The molecule has 0 aliphatic rings. The van der Waals surface area contributed by atoms with Gasteiger partial charge in [0, 0.05) is 24.7 Å². The van der Waals surface area contributed by atoms with Crippen molar-refractivity contribution in [3.05, 3.63) is 53.2 Å². The third-order valence-electron chi connectivity index (χ3n) is 3.40. The SMILES string of the molecule is CCCNC(Cc1ccc(C)cn1)c1ccc(CC)o1. The second-order valence-electron chi connectivity index (χ2n) is 5.20. The van der Waals surface area contributed by atoms with Crippen LogP contribution in [0.1, 0.15) is 49.1 Å². The molecule has 0 aromatic carbocycles. The molecule has 20 heavy (non-hydrogen) atoms. The largest absolute Gasteiger partial charge is 0.464 e. The Labute approximate surface area is 121 Å². The fourth-order valence-corrected chi connectivity index (χ4v) is 2.19. The molecule has 2 aromatic heterocycles. The number of rotatable bonds is 7. The van der Waals surface area contributed by atoms with Gasteiger partial charge in [0.05, 0.1) is 6.04 Å². The number of pyridine rings is 1. The summed E-state index contributed by atoms with van der Waals surface area (Å²) in [5, 5.41) is 3.55. The fourth-order valence-electron chi connectivity index (χ4n) is 2.19. The highest BCUT2D eigenvalue weighted by molar-refractivity contribution is 5.17. The summed E-state index contributed by atoms with van der Waals surface area (Å²) in [7, 11) is 0. The van der Waals surface area contributed by atoms with Crippen molar-refractivity contribution in [3.63, 3.8) is 0 Å². The number of aromatic nitrogens is 1. The van der Waals surface area contributed by atoms with Gasteiger partial charge >= 0.3 is 0 Å². The van der Waals surface area contributed by atoms with Gasteiger partial charge < -0.3 is 9.73 Å². The van der Waals surface area contributed by atoms with Crippen LogP contribution in [0.4, 0.5) is 0 Å². The first-order valence-electron chi connectivity index (χ1n) is 7.46. The van der Waals surface area contributed by atoms with Gasteiger partial charge in [-0.15, -0.1) is 0 Å². The second kappa shape index (κ2) is 7.25. The number of furan rings is 1. The highest BCUT2D eigenvalue weighted by Crippen LogP contribution is 2.21. The van der Waals surface area contributed by atoms with E-state index in [1.807, 2.05) is 6.20 Å². The van der Waals surface area contributed by atoms with E-state index in [4.69, 9.17) is 4.42 Å². The van der Waals surface area contributed by atoms with E-state index in [1.165, 1.54) is 5.56 Å². The first-order chi connectivity index (χ1) is 9.72. The summed E-state index contributed by atoms with van der Waals surface area (Å²) < 4.78 is 5.90. The Hall–Kier alpha value is -1.61. The zero-order chi connectivity index (χ0) is 14.4. The normalized spacial score (nSPS) is 12.6. The van der Waals surface area contributed by atoms with E-state index in [0.717, 1.165) is 43.0 Å². The molecule has 2 rings (SSSR count). The van der Waals surface area contributed by atoms with Crippen molar-refractivity contribution in [3.8, 4) is 0 Å². The Balaban J connectivity index is 2.12. The maximum atomic E-state index is 5.90. The quantitative estimate of drug-likeness (QED) is 0.832. The maximum Gasteiger partial charge on any atom is 0.121 e. The molecule has 108 valence electrons. The molecular formula is C17H24N2O. The number of hydrogen-bond donors (Lipinski definition) is 1. The van der Waals surface area contributed by atoms with Crippen molar-refractivity contribution in [1.29, 1.82) is 0 Å². The lowest BCUT2D eigenvalue weighted by Gasteiger charge is -2.16. The molecule has 0 amide bonds. The Morgan fingerprint density at radius 2 is 2.05 bits per heavy atom. The number of aryl methyl sites for hydroxylation is 2. The highest BCUT2D eigenvalue weighted by Gasteiger charge is 2.16. The molecule has 3 nitrogen and oxygen atoms in total. The van der Waals surface area contributed by atoms with E-state index < -0.39 is 0 Å². The smallest absolute Gasteiger partial charge is 0.121 e. The van der Waals surface area contributed by atoms with Gasteiger partial charge in [0.15, 0.2) is 0 Å². The molecule has 1 unspecified atom stereocenters. The summed E-state index contributed by atoms with van der Waals surface area (Å²) >= 11 is 0. The lowest BCUT2D eigenvalue weighted by Crippen LogP contribution is -2.24. The van der Waals surface area contributed by atoms with Gasteiger partial charge in [0.2, 0.25) is 0 Å². The molecule has 0 spiro atoms. The Morgan fingerprint density at radius 1 is 1.20 bits per heavy atom. The molecule has 1 atom stereocenters. The van der Waals surface area contributed by atoms with Gasteiger partial charge in [0.25, 0.3) is 0 Å². The fraction of sp³-hybridized carbons (Fsp3) is 0.471. The molecule has 0 aliphatic heterocycles. The predicted molar refractivity (Wildman–Crippen MR) is 81.8 cm³/mol. The van der Waals surface area contributed by atoms with Gasteiger partial charge in [-0.1, -0.05) is 19.9 Å². The predicted octanol–water partition coefficient (Wildman–Crippen LogP) is 3.83. The minimum Gasteiger partial charge on any atom is -0.464 e. The van der Waals surface area contributed by atoms with Crippen molar-refractivity contribution < 1.29 is 4.42 Å². The zero-order valence-electron chi connectivity index (χ0n) is 12.6. The van der Waals surface area contributed by atoms with Gasteiger partial charge in [-0.3, -0.25) is 4.98 Å². The van der Waals surface area contributed by atoms with Crippen molar-refractivity contribution in [2.24, 2.45) is 0 Å². The average Bonchev–Trinajstić information content (AvgIpc) is 2.94. The molecule has 0 fully saturated rings. The lowest BCUT2D eigenvalue weighted by molar-refractivity contribution is 0.390. The van der Waals surface area contributed by atoms with Gasteiger partial charge in [-0.2, -0.15) is 0 Å². The Morgan fingerprint density at radius 3 is 2.65 bits per heavy atom. The second-order valence-corrected chi connectivity index (χ2v) is 5.20. The molecule has 3 heteroatoms. The third kappa shape index (κ3) is 3.94. The van der Waals surface area contributed by atoms with Gasteiger partial charge in [-0.05, 0) is 43.7 Å². The first-order valence-corrected chi connectivity index (χ1v) is 7.46. The summed E-state index contributed by atoms with van der Waals surface area (Å²) in [5.41, 5.74) is 2.29. The van der Waals surface area contributed by atoms with Crippen LogP contribution in [0.5, 0.6) is 0 Å². The summed E-state index contributed by atoms with van der Waals surface area (Å²) in [4.78, 5) is 4.50. The zero-order valence-corrected chi connectivity index (χ0v) is 12.6. The van der Waals surface area contributed by atoms with E-state index in [1.54, 1.807) is 0 Å². The van der Waals surface area contributed by atoms with E-state index in [0.29, 0.717) is 0 Å². The van der Waals surface area contributed by atoms with Crippen LogP contribution in [0.2, 0.25) is 0 Å². The van der Waals surface area contributed by atoms with Crippen LogP contribution in [0.3, 0.4) is 0 Å². The Kier molecular flexibility index (Phi) is 5.36. The number of nitrogens with one attached hydrogen (secondary N) is 1. The Bertz CT molecular complexity index is 516. The van der Waals surface area contributed by atoms with E-state index >= 15 is 0 Å². The van der Waals surface area contributed by atoms with Crippen molar-refractivity contribution >= 4 is 0 Å². The van der Waals surface area contributed by atoms with Crippen molar-refractivity contribution in [2.45, 2.75) is 46.1 Å². The number of nitrogens with zero attached hydrogens (tertiary/aromatic N) is 1. The molecule has 1 N–H and O–H groups in total. The van der Waals surface area contributed by atoms with Crippen LogP contribution in [-0.4, -0.2) is 11.5 Å². The molecule has 0 saturated heterocycles. The van der Waals surface area contributed by atoms with Crippen LogP contribution in [0, 0.1) is 6.92 Å². The van der Waals surface area contributed by atoms with Gasteiger partial charge in [-0.25, -0.2) is 0 Å². The highest BCUT2D eigenvalue weighted by atomic mass is 16.3. The van der Waals surface area contributed by atoms with Gasteiger partial charge in [0.1, 0.15) is 11.5 Å². The molecule has 0 bridgehead atoms. The summed E-state index contributed by atoms with van der Waals surface area (Å²) in [5.74, 6) is 2.05. The van der Waals surface area contributed by atoms with Crippen LogP contribution in [0.15, 0.2) is 34.9 Å². The third-order valence-corrected chi connectivity index (χ3v) is 3.40. The number of hydrogen-bond acceptors (Lipinski definition) is 3. The summed E-state index contributed by atoms with van der Waals surface area (Å²) in [6.45, 7) is 7.33. The van der Waals surface area contributed by atoms with Crippen LogP contribution >= 0.6 is 0 Å². The van der Waals surface area contributed by atoms with Crippen molar-refractivity contribution in [1.82, 2.24) is 10.3 Å². The van der Waals surface area contributed by atoms with Crippen LogP contribution in [-0.2, 0) is 12.8 Å². The van der Waals surface area contributed by atoms with E-state index in [2.05, 4.69) is 55.3 Å². The molecule has 0 aliphatic carbocycles. The van der Waals surface area contributed by atoms with Crippen LogP contribution in [0.25, 0.3) is 0 Å². The van der Waals surface area contributed by atoms with Crippen molar-refractivity contribution in [2.75, 3.05) is 6.54 Å². The lowest BCUT2D eigenvalue weighted by atomic mass is 10.1. The standard InChI is InChI=1S/C17H24N2O/c1-4-10-18-16(17-9-8-15(5-2)20-17)11-14-7-6-13(3)12-19-14/h6-9,12,16,18H,4-5,10-11H2,1-3H3. The molecular weight excluding hydrogens is 248 g/mol. The van der Waals surface area contributed by atoms with E-state index in [9.17, 15) is 0 Å². The first kappa shape index (κ1) is 14.8. The average molecular weight is 272 g/mol. The minimum absolute atomic E-state index is 0.199. The van der Waals surface area contributed by atoms with E-state index in [-0.39, 0.29) is 6.04 Å². The minimum atomic E-state index is 0.199. The molecule has 2 heterocycles. The summed E-state index contributed by atoms with van der Waals surface area (Å²) in [6.07, 6.45) is 4.82. The molecule has 0 radical (unpaired) electrons. The topological polar surface area (TPSA) is 38.1 Å². The monoisotopic (exact) mass is 272 g/mol. The maximum absolute atomic E-state index is 5.90.